The van der Waals surface area contributed by atoms with Gasteiger partial charge < -0.3 is 15.8 Å². The number of carbonyl (C=O) groups excluding carboxylic acids is 2. The third-order valence-corrected chi connectivity index (χ3v) is 3.92. The molecular formula is C15H18N2O3S. The van der Waals surface area contributed by atoms with Crippen LogP contribution < -0.4 is 11.1 Å². The molecule has 2 aromatic rings. The van der Waals surface area contributed by atoms with Gasteiger partial charge in [0.05, 0.1) is 0 Å². The summed E-state index contributed by atoms with van der Waals surface area (Å²) in [6.45, 7) is 5.26. The molecule has 0 bridgehead atoms. The third kappa shape index (κ3) is 3.72. The Labute approximate surface area is 127 Å². The second-order valence-corrected chi connectivity index (χ2v) is 6.20. The first-order valence-corrected chi connectivity index (χ1v) is 7.49. The van der Waals surface area contributed by atoms with E-state index in [0.717, 1.165) is 10.1 Å². The smallest absolute Gasteiger partial charge is 0.349 e. The summed E-state index contributed by atoms with van der Waals surface area (Å²) in [5, 5.41) is 3.60. The van der Waals surface area contributed by atoms with E-state index in [2.05, 4.69) is 5.32 Å². The van der Waals surface area contributed by atoms with Gasteiger partial charge in [0.1, 0.15) is 4.88 Å². The standard InChI is InChI=1S/C15H18N2O3S/c1-8(2)17-14(18)9(3)20-15(19)13-7-10-6-11(16)4-5-12(10)21-13/h4-9H,16H2,1-3H3,(H,17,18). The first-order chi connectivity index (χ1) is 9.86. The van der Waals surface area contributed by atoms with Gasteiger partial charge in [-0.1, -0.05) is 0 Å². The fourth-order valence-electron chi connectivity index (χ4n) is 1.84. The molecule has 3 N–H and O–H groups in total. The molecule has 1 heterocycles. The SMILES string of the molecule is CC(C)NC(=O)C(C)OC(=O)c1cc2cc(N)ccc2s1. The van der Waals surface area contributed by atoms with Crippen molar-refractivity contribution in [3.8, 4) is 0 Å². The quantitative estimate of drug-likeness (QED) is 0.672. The van der Waals surface area contributed by atoms with Crippen molar-refractivity contribution < 1.29 is 14.3 Å². The Hall–Kier alpha value is -2.08. The number of nitrogens with one attached hydrogen (secondary N) is 1. The number of carbonyl (C=O) groups is 2. The van der Waals surface area contributed by atoms with Crippen molar-refractivity contribution in [2.45, 2.75) is 32.9 Å². The van der Waals surface area contributed by atoms with E-state index in [1.165, 1.54) is 11.3 Å². The van der Waals surface area contributed by atoms with E-state index in [1.54, 1.807) is 25.1 Å². The predicted molar refractivity (Wildman–Crippen MR) is 84.4 cm³/mol. The van der Waals surface area contributed by atoms with Gasteiger partial charge in [-0.25, -0.2) is 4.79 Å². The van der Waals surface area contributed by atoms with Crippen molar-refractivity contribution in [1.29, 1.82) is 0 Å². The molecule has 0 aliphatic heterocycles. The van der Waals surface area contributed by atoms with E-state index < -0.39 is 12.1 Å². The molecule has 1 aromatic carbocycles. The van der Waals surface area contributed by atoms with E-state index in [-0.39, 0.29) is 11.9 Å². The number of ether oxygens (including phenoxy) is 1. The van der Waals surface area contributed by atoms with Gasteiger partial charge >= 0.3 is 5.97 Å². The van der Waals surface area contributed by atoms with Crippen LogP contribution in [0.1, 0.15) is 30.4 Å². The zero-order chi connectivity index (χ0) is 15.6. The zero-order valence-electron chi connectivity index (χ0n) is 12.2. The summed E-state index contributed by atoms with van der Waals surface area (Å²) in [6.07, 6.45) is -0.824. The van der Waals surface area contributed by atoms with Crippen LogP contribution in [0.3, 0.4) is 0 Å². The van der Waals surface area contributed by atoms with Crippen molar-refractivity contribution in [2.24, 2.45) is 0 Å². The van der Waals surface area contributed by atoms with Crippen LogP contribution in [0.25, 0.3) is 10.1 Å². The molecule has 0 fully saturated rings. The molecule has 0 saturated carbocycles. The maximum Gasteiger partial charge on any atom is 0.349 e. The van der Waals surface area contributed by atoms with Crippen LogP contribution in [0.2, 0.25) is 0 Å². The number of benzene rings is 1. The van der Waals surface area contributed by atoms with Gasteiger partial charge in [0.25, 0.3) is 5.91 Å². The molecule has 6 heteroatoms. The number of rotatable bonds is 4. The van der Waals surface area contributed by atoms with E-state index in [1.807, 2.05) is 19.9 Å². The van der Waals surface area contributed by atoms with Crippen molar-refractivity contribution in [1.82, 2.24) is 5.32 Å². The predicted octanol–water partition coefficient (Wildman–Crippen LogP) is 2.55. The highest BCUT2D eigenvalue weighted by molar-refractivity contribution is 7.20. The number of nitrogens with two attached hydrogens (primary N) is 1. The van der Waals surface area contributed by atoms with E-state index >= 15 is 0 Å². The maximum atomic E-state index is 12.1. The van der Waals surface area contributed by atoms with E-state index in [4.69, 9.17) is 10.5 Å². The summed E-state index contributed by atoms with van der Waals surface area (Å²) in [4.78, 5) is 24.3. The number of hydrogen-bond acceptors (Lipinski definition) is 5. The molecule has 21 heavy (non-hydrogen) atoms. The number of esters is 1. The Kier molecular flexibility index (Phi) is 4.47. The van der Waals surface area contributed by atoms with Gasteiger partial charge in [-0.15, -0.1) is 11.3 Å². The largest absolute Gasteiger partial charge is 0.448 e. The molecule has 1 amide bonds. The molecule has 2 rings (SSSR count). The Morgan fingerprint density at radius 1 is 1.24 bits per heavy atom. The summed E-state index contributed by atoms with van der Waals surface area (Å²) >= 11 is 1.32. The average Bonchev–Trinajstić information content (AvgIpc) is 2.80. The van der Waals surface area contributed by atoms with Gasteiger partial charge in [-0.3, -0.25) is 4.79 Å². The molecule has 5 nitrogen and oxygen atoms in total. The number of amides is 1. The second kappa shape index (κ2) is 6.13. The number of hydrogen-bond donors (Lipinski definition) is 2. The maximum absolute atomic E-state index is 12.1. The summed E-state index contributed by atoms with van der Waals surface area (Å²) in [5.41, 5.74) is 6.35. The Morgan fingerprint density at radius 2 is 1.95 bits per heavy atom. The van der Waals surface area contributed by atoms with Gasteiger partial charge in [0.15, 0.2) is 6.10 Å². The first-order valence-electron chi connectivity index (χ1n) is 6.67. The molecule has 0 radical (unpaired) electrons. The lowest BCUT2D eigenvalue weighted by atomic mass is 10.2. The number of fused-ring (bicyclic) bond motifs is 1. The van der Waals surface area contributed by atoms with E-state index in [9.17, 15) is 9.59 Å². The molecule has 1 atom stereocenters. The van der Waals surface area contributed by atoms with Gasteiger partial charge in [0.2, 0.25) is 0 Å². The topological polar surface area (TPSA) is 81.4 Å². The van der Waals surface area contributed by atoms with Gasteiger partial charge in [0, 0.05) is 16.4 Å². The second-order valence-electron chi connectivity index (χ2n) is 5.12. The minimum absolute atomic E-state index is 0.00551. The lowest BCUT2D eigenvalue weighted by molar-refractivity contribution is -0.129. The summed E-state index contributed by atoms with van der Waals surface area (Å²) < 4.78 is 6.14. The number of nitrogen functional groups attached to an aromatic ring is 1. The fourth-order valence-corrected chi connectivity index (χ4v) is 2.76. The Bertz CT molecular complexity index is 679. The molecule has 0 aliphatic carbocycles. The number of thiophene rings is 1. The lowest BCUT2D eigenvalue weighted by Gasteiger charge is -2.14. The summed E-state index contributed by atoms with van der Waals surface area (Å²) in [7, 11) is 0. The third-order valence-electron chi connectivity index (χ3n) is 2.83. The first kappa shape index (κ1) is 15.3. The molecule has 0 saturated heterocycles. The molecule has 1 aromatic heterocycles. The van der Waals surface area contributed by atoms with Gasteiger partial charge in [-0.2, -0.15) is 0 Å². The minimum atomic E-state index is -0.824. The lowest BCUT2D eigenvalue weighted by Crippen LogP contribution is -2.39. The molecule has 0 spiro atoms. The van der Waals surface area contributed by atoms with Crippen molar-refractivity contribution in [3.05, 3.63) is 29.1 Å². The normalized spacial score (nSPS) is 12.4. The van der Waals surface area contributed by atoms with Crippen molar-refractivity contribution >= 4 is 39.0 Å². The summed E-state index contributed by atoms with van der Waals surface area (Å²) in [6, 6.07) is 7.18. The molecule has 1 unspecified atom stereocenters. The molecule has 0 aliphatic rings. The van der Waals surface area contributed by atoms with Crippen LogP contribution in [-0.4, -0.2) is 24.0 Å². The minimum Gasteiger partial charge on any atom is -0.448 e. The Balaban J connectivity index is 2.09. The van der Waals surface area contributed by atoms with Crippen LogP contribution in [0.5, 0.6) is 0 Å². The zero-order valence-corrected chi connectivity index (χ0v) is 13.0. The fraction of sp³-hybridized carbons (Fsp3) is 0.333. The van der Waals surface area contributed by atoms with Crippen LogP contribution in [0.4, 0.5) is 5.69 Å². The van der Waals surface area contributed by atoms with Crippen LogP contribution in [0.15, 0.2) is 24.3 Å². The molecule has 112 valence electrons. The van der Waals surface area contributed by atoms with Gasteiger partial charge in [-0.05, 0) is 50.4 Å². The average molecular weight is 306 g/mol. The highest BCUT2D eigenvalue weighted by Crippen LogP contribution is 2.28. The van der Waals surface area contributed by atoms with E-state index in [0.29, 0.717) is 10.6 Å². The van der Waals surface area contributed by atoms with Crippen LogP contribution in [0, 0.1) is 0 Å². The van der Waals surface area contributed by atoms with Crippen LogP contribution in [-0.2, 0) is 9.53 Å². The molecular weight excluding hydrogens is 288 g/mol. The highest BCUT2D eigenvalue weighted by Gasteiger charge is 2.20. The number of anilines is 1. The van der Waals surface area contributed by atoms with Crippen molar-refractivity contribution in [2.75, 3.05) is 5.73 Å². The highest BCUT2D eigenvalue weighted by atomic mass is 32.1. The monoisotopic (exact) mass is 306 g/mol. The summed E-state index contributed by atoms with van der Waals surface area (Å²) in [5.74, 6) is -0.801. The Morgan fingerprint density at radius 3 is 2.62 bits per heavy atom. The van der Waals surface area contributed by atoms with Crippen molar-refractivity contribution in [3.63, 3.8) is 0 Å². The van der Waals surface area contributed by atoms with Crippen LogP contribution >= 0.6 is 11.3 Å².